The van der Waals surface area contributed by atoms with Gasteiger partial charge in [0.05, 0.1) is 56.6 Å². The minimum atomic E-state index is -3.68. The minimum Gasteiger partial charge on any atom is -0.494 e. The molecular weight excluding hydrogens is 650 g/mol. The molecule has 11 nitrogen and oxygen atoms in total. The molecule has 2 amide bonds. The molecule has 0 radical (unpaired) electrons. The second-order valence-corrected chi connectivity index (χ2v) is 14.0. The Labute approximate surface area is 287 Å². The van der Waals surface area contributed by atoms with E-state index in [4.69, 9.17) is 28.4 Å². The number of hydrogen-bond acceptors (Lipinski definition) is 10. The van der Waals surface area contributed by atoms with Gasteiger partial charge in [-0.2, -0.15) is 0 Å². The van der Waals surface area contributed by atoms with E-state index in [2.05, 4.69) is 11.8 Å². The van der Waals surface area contributed by atoms with Crippen LogP contribution in [0, 0.1) is 11.8 Å². The third-order valence-electron chi connectivity index (χ3n) is 8.48. The van der Waals surface area contributed by atoms with Gasteiger partial charge in [0, 0.05) is 12.0 Å². The third kappa shape index (κ3) is 7.25. The van der Waals surface area contributed by atoms with Crippen molar-refractivity contribution in [1.82, 2.24) is 4.90 Å². The van der Waals surface area contributed by atoms with Crippen molar-refractivity contribution in [2.24, 2.45) is 0 Å². The number of ether oxygens (including phenoxy) is 6. The van der Waals surface area contributed by atoms with Crippen molar-refractivity contribution < 1.29 is 46.4 Å². The molecule has 49 heavy (non-hydrogen) atoms. The Morgan fingerprint density at radius 3 is 2.06 bits per heavy atom. The molecule has 2 heterocycles. The maximum absolute atomic E-state index is 13.8. The maximum atomic E-state index is 13.8. The Balaban J connectivity index is 1.51. The predicted octanol–water partition coefficient (Wildman–Crippen LogP) is 5.33. The van der Waals surface area contributed by atoms with E-state index in [0.717, 1.165) is 11.3 Å². The fourth-order valence-corrected chi connectivity index (χ4v) is 8.03. The zero-order chi connectivity index (χ0) is 35.2. The summed E-state index contributed by atoms with van der Waals surface area (Å²) in [7, 11) is 0.766. The zero-order valence-electron chi connectivity index (χ0n) is 28.3. The van der Waals surface area contributed by atoms with Crippen LogP contribution in [-0.2, 0) is 25.1 Å². The summed E-state index contributed by atoms with van der Waals surface area (Å²) >= 11 is 0. The number of fused-ring (bicyclic) bond motifs is 1. The molecule has 1 fully saturated rings. The lowest BCUT2D eigenvalue weighted by Gasteiger charge is -2.30. The van der Waals surface area contributed by atoms with Gasteiger partial charge in [0.25, 0.3) is 11.8 Å². The average molecular weight is 692 g/mol. The molecule has 3 aromatic rings. The Morgan fingerprint density at radius 1 is 0.878 bits per heavy atom. The zero-order valence-corrected chi connectivity index (χ0v) is 29.1. The number of nitrogens with zero attached hydrogens (tertiary/aromatic N) is 1. The third-order valence-corrected chi connectivity index (χ3v) is 10.8. The predicted molar refractivity (Wildman–Crippen MR) is 182 cm³/mol. The summed E-state index contributed by atoms with van der Waals surface area (Å²) in [6.45, 7) is 4.03. The Morgan fingerprint density at radius 2 is 1.51 bits per heavy atom. The number of imide groups is 1. The normalized spacial score (nSPS) is 20.1. The molecule has 1 saturated heterocycles. The van der Waals surface area contributed by atoms with Crippen molar-refractivity contribution in [2.75, 3.05) is 46.8 Å². The number of methoxy groups -OCH3 is 3. The fraction of sp³-hybridized carbons (Fsp3) is 0.405. The Kier molecular flexibility index (Phi) is 11.2. The van der Waals surface area contributed by atoms with Crippen molar-refractivity contribution in [2.45, 2.75) is 50.3 Å². The number of rotatable bonds is 14. The minimum absolute atomic E-state index is 0.0410. The number of amides is 2. The quantitative estimate of drug-likeness (QED) is 0.162. The monoisotopic (exact) mass is 691 g/mol. The van der Waals surface area contributed by atoms with Gasteiger partial charge in [-0.15, -0.1) is 0 Å². The smallest absolute Gasteiger partial charge is 0.262 e. The summed E-state index contributed by atoms with van der Waals surface area (Å²) in [4.78, 5) is 26.7. The van der Waals surface area contributed by atoms with Crippen molar-refractivity contribution in [3.05, 3.63) is 82.9 Å². The van der Waals surface area contributed by atoms with Gasteiger partial charge >= 0.3 is 0 Å². The molecular formula is C37H41NO10S. The van der Waals surface area contributed by atoms with E-state index in [9.17, 15) is 18.0 Å². The lowest BCUT2D eigenvalue weighted by atomic mass is 9.99. The topological polar surface area (TPSA) is 127 Å². The van der Waals surface area contributed by atoms with Gasteiger partial charge in [0.1, 0.15) is 18.5 Å². The molecule has 12 heteroatoms. The highest BCUT2D eigenvalue weighted by Crippen LogP contribution is 2.52. The summed E-state index contributed by atoms with van der Waals surface area (Å²) in [5.41, 5.74) is 1.75. The van der Waals surface area contributed by atoms with E-state index in [1.165, 1.54) is 21.3 Å². The van der Waals surface area contributed by atoms with Crippen LogP contribution in [0.2, 0.25) is 0 Å². The second-order valence-electron chi connectivity index (χ2n) is 11.6. The van der Waals surface area contributed by atoms with Crippen molar-refractivity contribution in [1.29, 1.82) is 0 Å². The first kappa shape index (κ1) is 35.7. The van der Waals surface area contributed by atoms with Crippen LogP contribution in [-0.4, -0.2) is 77.2 Å². The second kappa shape index (κ2) is 15.3. The van der Waals surface area contributed by atoms with Gasteiger partial charge in [0.2, 0.25) is 5.75 Å². The highest BCUT2D eigenvalue weighted by molar-refractivity contribution is 7.92. The van der Waals surface area contributed by atoms with Crippen LogP contribution in [0.25, 0.3) is 0 Å². The van der Waals surface area contributed by atoms with Crippen LogP contribution >= 0.6 is 0 Å². The van der Waals surface area contributed by atoms with Crippen molar-refractivity contribution in [3.8, 4) is 34.8 Å². The summed E-state index contributed by atoms with van der Waals surface area (Å²) in [6, 6.07) is 17.1. The van der Waals surface area contributed by atoms with Crippen molar-refractivity contribution in [3.63, 3.8) is 0 Å². The molecule has 2 aliphatic rings. The molecule has 0 saturated carbocycles. The van der Waals surface area contributed by atoms with Crippen LogP contribution in [0.3, 0.4) is 0 Å². The SMILES string of the molecule is CCCOc1ccc(C2OC(OCC#CCN3C(=O)c4ccccc4C3=O)(c3cc(OC)c(OC)c(OC)c3)CC2S(=O)(=O)CCC)cc1. The summed E-state index contributed by atoms with van der Waals surface area (Å²) < 4.78 is 63.4. The van der Waals surface area contributed by atoms with Gasteiger partial charge < -0.3 is 28.4 Å². The molecule has 3 atom stereocenters. The van der Waals surface area contributed by atoms with Gasteiger partial charge in [-0.25, -0.2) is 8.42 Å². The standard InChI is InChI=1S/C37H41NO10S/c1-6-19-46-27-16-14-25(15-17-27)33-32(49(41,42)21-7-2)24-37(48-33,26-22-30(43-3)34(45-5)31(23-26)44-4)47-20-11-10-18-38-35(39)28-12-8-9-13-29(28)36(38)40/h8-9,12-17,22-23,32-33H,6-7,18-21,24H2,1-5H3. The van der Waals surface area contributed by atoms with Crippen molar-refractivity contribution >= 4 is 21.7 Å². The first-order chi connectivity index (χ1) is 23.6. The molecule has 0 spiro atoms. The Bertz CT molecular complexity index is 1790. The number of hydrogen-bond donors (Lipinski definition) is 0. The molecule has 0 aromatic heterocycles. The fourth-order valence-electron chi connectivity index (χ4n) is 6.09. The van der Waals surface area contributed by atoms with Crippen LogP contribution in [0.15, 0.2) is 60.7 Å². The number of carbonyl (C=O) groups is 2. The van der Waals surface area contributed by atoms with E-state index in [0.29, 0.717) is 58.3 Å². The molecule has 3 aromatic carbocycles. The Hall–Kier alpha value is -4.57. The van der Waals surface area contributed by atoms with E-state index < -0.39 is 38.8 Å². The van der Waals surface area contributed by atoms with Crippen LogP contribution in [0.1, 0.15) is 71.1 Å². The molecule has 260 valence electrons. The van der Waals surface area contributed by atoms with Gasteiger partial charge in [-0.1, -0.05) is 50.0 Å². The number of carbonyl (C=O) groups excluding carboxylic acids is 2. The summed E-state index contributed by atoms with van der Waals surface area (Å²) in [6.07, 6.45) is 0.312. The van der Waals surface area contributed by atoms with E-state index in [1.807, 2.05) is 13.8 Å². The molecule has 2 aliphatic heterocycles. The summed E-state index contributed by atoms with van der Waals surface area (Å²) in [5.74, 6) is 4.92. The average Bonchev–Trinajstić information content (AvgIpc) is 3.63. The molecule has 3 unspecified atom stereocenters. The number of benzene rings is 3. The highest BCUT2D eigenvalue weighted by atomic mass is 32.2. The number of sulfone groups is 1. The lowest BCUT2D eigenvalue weighted by Crippen LogP contribution is -2.32. The summed E-state index contributed by atoms with van der Waals surface area (Å²) in [5, 5.41) is -0.972. The van der Waals surface area contributed by atoms with Gasteiger partial charge in [-0.3, -0.25) is 14.5 Å². The van der Waals surface area contributed by atoms with E-state index in [1.54, 1.807) is 60.7 Å². The van der Waals surface area contributed by atoms with E-state index in [-0.39, 0.29) is 25.3 Å². The lowest BCUT2D eigenvalue weighted by molar-refractivity contribution is -0.230. The molecule has 0 aliphatic carbocycles. The first-order valence-electron chi connectivity index (χ1n) is 16.1. The van der Waals surface area contributed by atoms with Crippen LogP contribution in [0.5, 0.6) is 23.0 Å². The van der Waals surface area contributed by atoms with Gasteiger partial charge in [0.15, 0.2) is 27.1 Å². The van der Waals surface area contributed by atoms with E-state index >= 15 is 0 Å². The van der Waals surface area contributed by atoms with Gasteiger partial charge in [-0.05, 0) is 54.8 Å². The largest absolute Gasteiger partial charge is 0.494 e. The molecule has 0 bridgehead atoms. The van der Waals surface area contributed by atoms with Crippen LogP contribution in [0.4, 0.5) is 0 Å². The van der Waals surface area contributed by atoms with Crippen LogP contribution < -0.4 is 18.9 Å². The maximum Gasteiger partial charge on any atom is 0.262 e. The highest BCUT2D eigenvalue weighted by Gasteiger charge is 2.54. The first-order valence-corrected chi connectivity index (χ1v) is 17.8. The molecule has 0 N–H and O–H groups in total. The molecule has 5 rings (SSSR count).